The minimum Gasteiger partial charge on any atom is -0.508 e. The number of benzene rings is 6. The summed E-state index contributed by atoms with van der Waals surface area (Å²) in [7, 11) is -8.04. The van der Waals surface area contributed by atoms with Gasteiger partial charge >= 0.3 is 0 Å². The number of hydrogen-bond donors (Lipinski definition) is 11. The molecule has 0 aliphatic carbocycles. The van der Waals surface area contributed by atoms with Gasteiger partial charge < -0.3 is 62.8 Å². The summed E-state index contributed by atoms with van der Waals surface area (Å²) in [6, 6.07) is 33.5. The van der Waals surface area contributed by atoms with E-state index in [9.17, 15) is 60.6 Å². The van der Waals surface area contributed by atoms with Gasteiger partial charge in [-0.05, 0) is 186 Å². The Hall–Kier alpha value is -9.09. The Morgan fingerprint density at radius 1 is 0.633 bits per heavy atom. The SMILES string of the molecule is CCCOc1ccc(-c2ccc(-c3ccc(C(=O)N[C@H]4CCCNC(=O)[C@@H]5C[C@H](N)CN5C(=O)[C@H](CCCCN)NC(=O)[C@H](CCc5ccc(O)cc5)NC(=O)[C@@H]5CCCN5C(=O)[C@H]([C@@H](C)O)NC4=O)cc3)cc2)cc1.Cc1ccc(S(=O)(=O)O)cc1.Cc1ccc(S(=O)(=O)O)cc1. The highest BCUT2D eigenvalue weighted by Gasteiger charge is 2.43. The summed E-state index contributed by atoms with van der Waals surface area (Å²) in [6.07, 6.45) is 1.95. The van der Waals surface area contributed by atoms with Gasteiger partial charge in [0, 0.05) is 31.2 Å². The molecule has 0 saturated carbocycles. The standard InChI is InChI=1S/C57H73N9O10.2C7H8O3S/c1-3-32-76-44-26-22-40(23-27-44)38-16-14-37(15-17-38)39-18-20-41(21-19-39)51(69)61-45-9-6-30-60-54(72)49-33-42(59)34-66(49)56(74)47(8-4-5-29-58)63-52(70)46(28-13-36-11-24-43(68)25-12-36)62-55(73)48-10-7-31-65(48)57(75)50(35(2)67)64-53(45)71;2*1-6-2-4-7(5-3-6)11(8,9)10/h11-12,14-27,35,42,45-50,67-68H,3-10,13,28-34,58-59H2,1-2H3,(H,60,72)(H,61,69)(H,62,73)(H,63,70)(H,64,71);2*2-5H,1H3,(H,8,9,10)/t35-,42+,45+,46+,47+,48+,49+,50+;;/m1../s1. The lowest BCUT2D eigenvalue weighted by Crippen LogP contribution is -2.61. The number of nitrogens with zero attached hydrogens (tertiary/aromatic N) is 2. The van der Waals surface area contributed by atoms with Crippen molar-refractivity contribution in [3.05, 3.63) is 168 Å². The summed E-state index contributed by atoms with van der Waals surface area (Å²) in [6.45, 7) is 8.25. The Morgan fingerprint density at radius 3 is 1.70 bits per heavy atom. The number of hydrogen-bond acceptors (Lipinski definition) is 16. The second-order valence-corrected chi connectivity index (χ2v) is 27.4. The summed E-state index contributed by atoms with van der Waals surface area (Å²) >= 11 is 0. The highest BCUT2D eigenvalue weighted by atomic mass is 32.2. The van der Waals surface area contributed by atoms with Gasteiger partial charge in [0.1, 0.15) is 47.8 Å². The lowest BCUT2D eigenvalue weighted by molar-refractivity contribution is -0.144. The highest BCUT2D eigenvalue weighted by Crippen LogP contribution is 2.28. The van der Waals surface area contributed by atoms with E-state index in [1.807, 2.05) is 62.4 Å². The van der Waals surface area contributed by atoms with Gasteiger partial charge in [-0.3, -0.25) is 42.7 Å². The first kappa shape index (κ1) is 76.3. The molecule has 8 atom stereocenters. The molecule has 0 spiro atoms. The lowest BCUT2D eigenvalue weighted by Gasteiger charge is -2.32. The number of nitrogens with one attached hydrogen (secondary N) is 5. The molecular formula is C71H89N9O16S2. The zero-order valence-electron chi connectivity index (χ0n) is 55.3. The van der Waals surface area contributed by atoms with Gasteiger partial charge in [-0.25, -0.2) is 0 Å². The molecule has 9 rings (SSSR count). The Labute approximate surface area is 572 Å². The van der Waals surface area contributed by atoms with E-state index in [0.29, 0.717) is 32.4 Å². The molecule has 6 aromatic carbocycles. The van der Waals surface area contributed by atoms with Crippen molar-refractivity contribution in [3.63, 3.8) is 0 Å². The molecule has 0 radical (unpaired) electrons. The first-order chi connectivity index (χ1) is 46.6. The van der Waals surface area contributed by atoms with E-state index in [1.165, 1.54) is 53.1 Å². The number of aryl methyl sites for hydroxylation is 3. The van der Waals surface area contributed by atoms with Crippen molar-refractivity contribution >= 4 is 61.6 Å². The molecule has 0 unspecified atom stereocenters. The molecule has 3 heterocycles. The predicted octanol–water partition coefficient (Wildman–Crippen LogP) is 5.52. The summed E-state index contributed by atoms with van der Waals surface area (Å²) in [5.74, 6) is -3.58. The smallest absolute Gasteiger partial charge is 0.294 e. The van der Waals surface area contributed by atoms with Gasteiger partial charge in [-0.15, -0.1) is 0 Å². The number of aliphatic hydroxyl groups excluding tert-OH is 1. The van der Waals surface area contributed by atoms with Crippen LogP contribution in [0.15, 0.2) is 155 Å². The van der Waals surface area contributed by atoms with Crippen LogP contribution in [0, 0.1) is 13.8 Å². The number of rotatable bonds is 17. The van der Waals surface area contributed by atoms with Crippen LogP contribution in [0.4, 0.5) is 0 Å². The zero-order valence-corrected chi connectivity index (χ0v) is 57.0. The molecule has 3 aliphatic heterocycles. The summed E-state index contributed by atoms with van der Waals surface area (Å²) in [4.78, 5) is 102. The van der Waals surface area contributed by atoms with Crippen molar-refractivity contribution in [3.8, 4) is 33.8 Å². The Balaban J connectivity index is 0.000000517. The summed E-state index contributed by atoms with van der Waals surface area (Å²) in [5, 5.41) is 35.0. The van der Waals surface area contributed by atoms with Crippen molar-refractivity contribution in [2.75, 3.05) is 32.8 Å². The van der Waals surface area contributed by atoms with Crippen molar-refractivity contribution < 1.29 is 74.5 Å². The topological polar surface area (TPSA) is 397 Å². The Bertz CT molecular complexity index is 3830. The van der Waals surface area contributed by atoms with Crippen molar-refractivity contribution in [1.29, 1.82) is 0 Å². The molecular weight excluding hydrogens is 1300 g/mol. The average Bonchev–Trinajstić information content (AvgIpc) is 1.64. The van der Waals surface area contributed by atoms with Crippen molar-refractivity contribution in [1.82, 2.24) is 36.4 Å². The van der Waals surface area contributed by atoms with Crippen LogP contribution in [-0.4, -0.2) is 168 Å². The van der Waals surface area contributed by atoms with E-state index in [-0.39, 0.29) is 85.7 Å². The monoisotopic (exact) mass is 1390 g/mol. The number of carbonyl (C=O) groups is 7. The zero-order chi connectivity index (χ0) is 71.3. The van der Waals surface area contributed by atoms with Gasteiger partial charge in [-0.1, -0.05) is 103 Å². The first-order valence-electron chi connectivity index (χ1n) is 32.7. The molecule has 3 fully saturated rings. The first-order valence-corrected chi connectivity index (χ1v) is 35.6. The number of aliphatic hydroxyl groups is 1. The van der Waals surface area contributed by atoms with Crippen molar-refractivity contribution in [2.24, 2.45) is 11.5 Å². The molecule has 3 saturated heterocycles. The van der Waals surface area contributed by atoms with E-state index in [1.54, 1.807) is 60.7 Å². The van der Waals surface area contributed by atoms with E-state index in [2.05, 4.69) is 33.5 Å². The molecule has 7 amide bonds. The molecule has 6 aromatic rings. The van der Waals surface area contributed by atoms with Gasteiger partial charge in [-0.2, -0.15) is 16.8 Å². The van der Waals surface area contributed by atoms with Crippen LogP contribution in [-0.2, 0) is 55.4 Å². The van der Waals surface area contributed by atoms with E-state index in [0.717, 1.165) is 51.1 Å². The minimum absolute atomic E-state index is 0.0140. The normalized spacial score (nSPS) is 20.8. The van der Waals surface area contributed by atoms with Gasteiger partial charge in [0.15, 0.2) is 0 Å². The molecule has 3 aliphatic rings. The number of phenolic OH excluding ortho intramolecular Hbond substituents is 1. The molecule has 0 aromatic heterocycles. The number of amides is 7. The van der Waals surface area contributed by atoms with Crippen LogP contribution in [0.1, 0.15) is 105 Å². The van der Waals surface area contributed by atoms with Crippen LogP contribution in [0.5, 0.6) is 11.5 Å². The number of nitrogens with two attached hydrogens (primary N) is 2. The number of aromatic hydroxyl groups is 1. The number of carbonyl (C=O) groups excluding carboxylic acids is 7. The number of unbranched alkanes of at least 4 members (excludes halogenated alkanes) is 1. The Morgan fingerprint density at radius 2 is 1.17 bits per heavy atom. The molecule has 25 nitrogen and oxygen atoms in total. The molecule has 98 heavy (non-hydrogen) atoms. The summed E-state index contributed by atoms with van der Waals surface area (Å²) in [5.41, 5.74) is 18.9. The predicted molar refractivity (Wildman–Crippen MR) is 368 cm³/mol. The van der Waals surface area contributed by atoms with Crippen LogP contribution in [0.3, 0.4) is 0 Å². The minimum atomic E-state index is -4.02. The van der Waals surface area contributed by atoms with Gasteiger partial charge in [0.05, 0.1) is 22.5 Å². The quantitative estimate of drug-likeness (QED) is 0.0395. The van der Waals surface area contributed by atoms with Crippen molar-refractivity contribution in [2.45, 2.75) is 157 Å². The Kier molecular flexibility index (Phi) is 28.0. The maximum absolute atomic E-state index is 14.5. The fourth-order valence-electron chi connectivity index (χ4n) is 11.4. The summed E-state index contributed by atoms with van der Waals surface area (Å²) < 4.78 is 64.8. The third-order valence-corrected chi connectivity index (χ3v) is 18.6. The average molecular weight is 1390 g/mol. The fourth-order valence-corrected chi connectivity index (χ4v) is 12.4. The van der Waals surface area contributed by atoms with E-state index < -0.39 is 110 Å². The molecule has 13 N–H and O–H groups in total. The van der Waals surface area contributed by atoms with E-state index in [4.69, 9.17) is 25.3 Å². The second-order valence-electron chi connectivity index (χ2n) is 24.6. The number of phenols is 1. The maximum atomic E-state index is 14.5. The van der Waals surface area contributed by atoms with Gasteiger partial charge in [0.2, 0.25) is 35.4 Å². The third kappa shape index (κ3) is 22.2. The third-order valence-electron chi connectivity index (χ3n) is 16.9. The van der Waals surface area contributed by atoms with Crippen LogP contribution < -0.4 is 42.8 Å². The lowest BCUT2D eigenvalue weighted by atomic mass is 9.99. The molecule has 526 valence electrons. The second kappa shape index (κ2) is 35.9. The van der Waals surface area contributed by atoms with Crippen LogP contribution in [0.25, 0.3) is 22.3 Å². The number of ether oxygens (including phenoxy) is 1. The largest absolute Gasteiger partial charge is 0.508 e. The van der Waals surface area contributed by atoms with Gasteiger partial charge in [0.25, 0.3) is 26.1 Å². The maximum Gasteiger partial charge on any atom is 0.294 e. The van der Waals surface area contributed by atoms with E-state index >= 15 is 0 Å². The van der Waals surface area contributed by atoms with Crippen LogP contribution in [0.2, 0.25) is 0 Å². The fraction of sp³-hybridized carbons (Fsp3) is 0.394. The van der Waals surface area contributed by atoms with Crippen LogP contribution >= 0.6 is 0 Å². The molecule has 0 bridgehead atoms. The highest BCUT2D eigenvalue weighted by molar-refractivity contribution is 7.86. The molecule has 27 heteroatoms. The number of fused-ring (bicyclic) bond motifs is 2.